The molecule has 1 unspecified atom stereocenters. The van der Waals surface area contributed by atoms with Gasteiger partial charge in [0.05, 0.1) is 0 Å². The fraction of sp³-hybridized carbons (Fsp3) is 1.00. The van der Waals surface area contributed by atoms with Crippen molar-refractivity contribution in [2.24, 2.45) is 0 Å². The summed E-state index contributed by atoms with van der Waals surface area (Å²) in [5.41, 5.74) is 0.330. The highest BCUT2D eigenvalue weighted by Crippen LogP contribution is 2.16. The van der Waals surface area contributed by atoms with Gasteiger partial charge in [0.2, 0.25) is 0 Å². The normalized spacial score (nSPS) is 21.2. The van der Waals surface area contributed by atoms with Crippen molar-refractivity contribution in [2.45, 2.75) is 59.0 Å². The molecule has 1 heterocycles. The third kappa shape index (κ3) is 5.25. The van der Waals surface area contributed by atoms with Crippen molar-refractivity contribution < 1.29 is 0 Å². The largest absolute Gasteiger partial charge is 0.313 e. The van der Waals surface area contributed by atoms with E-state index in [0.29, 0.717) is 11.6 Å². The lowest BCUT2D eigenvalue weighted by atomic mass is 10.0. The monoisotopic (exact) mass is 255 g/mol. The minimum absolute atomic E-state index is 0.330. The molecule has 3 heteroatoms. The molecule has 1 N–H and O–H groups in total. The maximum Gasteiger partial charge on any atom is 0.0194 e. The van der Waals surface area contributed by atoms with E-state index in [1.54, 1.807) is 0 Å². The first-order valence-electron chi connectivity index (χ1n) is 7.68. The van der Waals surface area contributed by atoms with Gasteiger partial charge in [-0.2, -0.15) is 0 Å². The highest BCUT2D eigenvalue weighted by Gasteiger charge is 2.26. The van der Waals surface area contributed by atoms with Gasteiger partial charge in [0.1, 0.15) is 0 Å². The van der Waals surface area contributed by atoms with Crippen LogP contribution < -0.4 is 5.32 Å². The van der Waals surface area contributed by atoms with E-state index in [9.17, 15) is 0 Å². The van der Waals surface area contributed by atoms with E-state index in [1.807, 2.05) is 0 Å². The molecule has 1 fully saturated rings. The van der Waals surface area contributed by atoms with E-state index < -0.39 is 0 Å². The Morgan fingerprint density at radius 1 is 1.06 bits per heavy atom. The summed E-state index contributed by atoms with van der Waals surface area (Å²) >= 11 is 0. The Hall–Kier alpha value is -0.120. The zero-order valence-electron chi connectivity index (χ0n) is 13.1. The van der Waals surface area contributed by atoms with Gasteiger partial charge in [0.25, 0.3) is 0 Å². The summed E-state index contributed by atoms with van der Waals surface area (Å²) in [6, 6.07) is 0.682. The van der Waals surface area contributed by atoms with Gasteiger partial charge in [-0.1, -0.05) is 20.3 Å². The summed E-state index contributed by atoms with van der Waals surface area (Å²) in [6.45, 7) is 18.6. The van der Waals surface area contributed by atoms with Gasteiger partial charge in [-0.15, -0.1) is 0 Å². The molecular weight excluding hydrogens is 222 g/mol. The molecule has 0 bridgehead atoms. The molecule has 1 aliphatic heterocycles. The molecule has 18 heavy (non-hydrogen) atoms. The highest BCUT2D eigenvalue weighted by molar-refractivity contribution is 4.83. The smallest absolute Gasteiger partial charge is 0.0194 e. The Morgan fingerprint density at radius 2 is 1.67 bits per heavy atom. The predicted octanol–water partition coefficient (Wildman–Crippen LogP) is 2.18. The minimum atomic E-state index is 0.330. The molecule has 0 spiro atoms. The summed E-state index contributed by atoms with van der Waals surface area (Å²) < 4.78 is 0. The zero-order valence-corrected chi connectivity index (χ0v) is 13.1. The van der Waals surface area contributed by atoms with E-state index in [1.165, 1.54) is 45.6 Å². The molecule has 108 valence electrons. The molecule has 0 aromatic rings. The number of nitrogens with zero attached hydrogens (tertiary/aromatic N) is 2. The predicted molar refractivity (Wildman–Crippen MR) is 80.1 cm³/mol. The molecule has 1 aliphatic rings. The maximum atomic E-state index is 3.62. The quantitative estimate of drug-likeness (QED) is 0.785. The SMILES string of the molecule is CCCC(CN1CCN(C(C)(C)C)CC1)NCC. The van der Waals surface area contributed by atoms with Crippen LogP contribution in [0, 0.1) is 0 Å². The Bertz CT molecular complexity index is 208. The van der Waals surface area contributed by atoms with Crippen molar-refractivity contribution in [1.29, 1.82) is 0 Å². The van der Waals surface area contributed by atoms with E-state index in [-0.39, 0.29) is 0 Å². The van der Waals surface area contributed by atoms with Crippen LogP contribution in [-0.2, 0) is 0 Å². The minimum Gasteiger partial charge on any atom is -0.313 e. The topological polar surface area (TPSA) is 18.5 Å². The first-order valence-corrected chi connectivity index (χ1v) is 7.68. The average Bonchev–Trinajstić information content (AvgIpc) is 2.29. The molecule has 1 rings (SSSR count). The number of piperazine rings is 1. The van der Waals surface area contributed by atoms with Crippen LogP contribution >= 0.6 is 0 Å². The van der Waals surface area contributed by atoms with Crippen LogP contribution in [0.5, 0.6) is 0 Å². The van der Waals surface area contributed by atoms with Crippen molar-refractivity contribution in [1.82, 2.24) is 15.1 Å². The first-order chi connectivity index (χ1) is 8.47. The molecule has 0 radical (unpaired) electrons. The van der Waals surface area contributed by atoms with Gasteiger partial charge >= 0.3 is 0 Å². The molecule has 3 nitrogen and oxygen atoms in total. The third-order valence-electron chi connectivity index (χ3n) is 3.93. The van der Waals surface area contributed by atoms with Gasteiger partial charge in [0, 0.05) is 44.3 Å². The average molecular weight is 255 g/mol. The Balaban J connectivity index is 2.33. The number of rotatable bonds is 6. The molecule has 1 atom stereocenters. The second kappa shape index (κ2) is 7.46. The molecule has 1 saturated heterocycles. The van der Waals surface area contributed by atoms with Gasteiger partial charge in [0.15, 0.2) is 0 Å². The van der Waals surface area contributed by atoms with Crippen LogP contribution in [0.4, 0.5) is 0 Å². The van der Waals surface area contributed by atoms with Gasteiger partial charge in [-0.3, -0.25) is 9.80 Å². The first kappa shape index (κ1) is 15.9. The van der Waals surface area contributed by atoms with Crippen molar-refractivity contribution in [2.75, 3.05) is 39.3 Å². The molecule has 0 saturated carbocycles. The molecule has 0 aromatic heterocycles. The summed E-state index contributed by atoms with van der Waals surface area (Å²) in [5, 5.41) is 3.62. The summed E-state index contributed by atoms with van der Waals surface area (Å²) in [6.07, 6.45) is 2.58. The van der Waals surface area contributed by atoms with E-state index in [0.717, 1.165) is 6.54 Å². The Morgan fingerprint density at radius 3 is 2.11 bits per heavy atom. The van der Waals surface area contributed by atoms with Crippen LogP contribution in [0.15, 0.2) is 0 Å². The van der Waals surface area contributed by atoms with Crippen LogP contribution in [0.3, 0.4) is 0 Å². The number of likely N-dealkylation sites (N-methyl/N-ethyl adjacent to an activating group) is 1. The van der Waals surface area contributed by atoms with Crippen LogP contribution in [0.2, 0.25) is 0 Å². The molecule has 0 aliphatic carbocycles. The molecule has 0 amide bonds. The zero-order chi connectivity index (χ0) is 13.6. The second-order valence-corrected chi connectivity index (χ2v) is 6.50. The van der Waals surface area contributed by atoms with Crippen molar-refractivity contribution in [3.63, 3.8) is 0 Å². The van der Waals surface area contributed by atoms with E-state index >= 15 is 0 Å². The Kier molecular flexibility index (Phi) is 6.61. The van der Waals surface area contributed by atoms with Crippen LogP contribution in [0.25, 0.3) is 0 Å². The van der Waals surface area contributed by atoms with E-state index in [4.69, 9.17) is 0 Å². The maximum absolute atomic E-state index is 3.62. The van der Waals surface area contributed by atoms with Crippen LogP contribution in [0.1, 0.15) is 47.5 Å². The van der Waals surface area contributed by atoms with Gasteiger partial charge in [-0.25, -0.2) is 0 Å². The number of hydrogen-bond donors (Lipinski definition) is 1. The summed E-state index contributed by atoms with van der Waals surface area (Å²) in [5.74, 6) is 0. The fourth-order valence-corrected chi connectivity index (χ4v) is 2.81. The van der Waals surface area contributed by atoms with Crippen LogP contribution in [-0.4, -0.2) is 60.6 Å². The molecule has 0 aromatic carbocycles. The lowest BCUT2D eigenvalue weighted by Crippen LogP contribution is -2.55. The third-order valence-corrected chi connectivity index (χ3v) is 3.93. The lowest BCUT2D eigenvalue weighted by Gasteiger charge is -2.43. The summed E-state index contributed by atoms with van der Waals surface area (Å²) in [4.78, 5) is 5.23. The standard InChI is InChI=1S/C15H33N3/c1-6-8-14(16-7-2)13-17-9-11-18(12-10-17)15(3,4)5/h14,16H,6-13H2,1-5H3. The fourth-order valence-electron chi connectivity index (χ4n) is 2.81. The Labute approximate surface area is 114 Å². The van der Waals surface area contributed by atoms with Gasteiger partial charge in [-0.05, 0) is 33.7 Å². The number of hydrogen-bond acceptors (Lipinski definition) is 3. The second-order valence-electron chi connectivity index (χ2n) is 6.50. The summed E-state index contributed by atoms with van der Waals surface area (Å²) in [7, 11) is 0. The van der Waals surface area contributed by atoms with Crippen molar-refractivity contribution >= 4 is 0 Å². The highest BCUT2D eigenvalue weighted by atomic mass is 15.3. The van der Waals surface area contributed by atoms with Gasteiger partial charge < -0.3 is 5.32 Å². The lowest BCUT2D eigenvalue weighted by molar-refractivity contribution is 0.0576. The van der Waals surface area contributed by atoms with Crippen molar-refractivity contribution in [3.05, 3.63) is 0 Å². The van der Waals surface area contributed by atoms with Crippen molar-refractivity contribution in [3.8, 4) is 0 Å². The number of nitrogens with one attached hydrogen (secondary N) is 1. The molecular formula is C15H33N3. The van der Waals surface area contributed by atoms with E-state index in [2.05, 4.69) is 49.7 Å².